The number of piperazine rings is 1. The van der Waals surface area contributed by atoms with Crippen LogP contribution < -0.4 is 10.6 Å². The van der Waals surface area contributed by atoms with Crippen molar-refractivity contribution in [1.29, 1.82) is 0 Å². The molecule has 0 bridgehead atoms. The van der Waals surface area contributed by atoms with Crippen LogP contribution in [0.3, 0.4) is 0 Å². The highest BCUT2D eigenvalue weighted by Crippen LogP contribution is 2.03. The van der Waals surface area contributed by atoms with Crippen LogP contribution in [0.2, 0.25) is 0 Å². The molecule has 1 aliphatic rings. The van der Waals surface area contributed by atoms with Gasteiger partial charge in [0, 0.05) is 5.70 Å². The van der Waals surface area contributed by atoms with E-state index in [4.69, 9.17) is 0 Å². The van der Waals surface area contributed by atoms with Crippen LogP contribution in [0, 0.1) is 0 Å². The summed E-state index contributed by atoms with van der Waals surface area (Å²) >= 11 is 0. The second-order valence-electron chi connectivity index (χ2n) is 2.41. The summed E-state index contributed by atoms with van der Waals surface area (Å²) < 4.78 is 0. The molecule has 0 spiro atoms. The van der Waals surface area contributed by atoms with Gasteiger partial charge in [0.15, 0.2) is 0 Å². The average molecular weight is 140 g/mol. The van der Waals surface area contributed by atoms with Gasteiger partial charge in [-0.3, -0.25) is 4.79 Å². The maximum Gasteiger partial charge on any atom is 0.239 e. The van der Waals surface area contributed by atoms with Gasteiger partial charge in [0.25, 0.3) is 0 Å². The number of carbonyl (C=O) groups is 1. The Morgan fingerprint density at radius 2 is 2.50 bits per heavy atom. The summed E-state index contributed by atoms with van der Waals surface area (Å²) in [4.78, 5) is 10.8. The van der Waals surface area contributed by atoms with Crippen molar-refractivity contribution >= 4 is 5.91 Å². The van der Waals surface area contributed by atoms with Crippen molar-refractivity contribution in [1.82, 2.24) is 10.6 Å². The van der Waals surface area contributed by atoms with Crippen molar-refractivity contribution in [3.05, 3.63) is 12.3 Å². The Balaban J connectivity index is 2.53. The van der Waals surface area contributed by atoms with E-state index in [9.17, 15) is 4.79 Å². The summed E-state index contributed by atoms with van der Waals surface area (Å²) in [6, 6.07) is 0.126. The Hall–Kier alpha value is -0.990. The Kier molecular flexibility index (Phi) is 1.94. The fourth-order valence-electron chi connectivity index (χ4n) is 0.998. The topological polar surface area (TPSA) is 41.1 Å². The Morgan fingerprint density at radius 3 is 3.00 bits per heavy atom. The fourth-order valence-corrected chi connectivity index (χ4v) is 0.998. The number of amides is 1. The second kappa shape index (κ2) is 2.73. The highest BCUT2D eigenvalue weighted by molar-refractivity contribution is 5.80. The first-order valence-corrected chi connectivity index (χ1v) is 3.46. The van der Waals surface area contributed by atoms with Gasteiger partial charge >= 0.3 is 0 Å². The lowest BCUT2D eigenvalue weighted by molar-refractivity contribution is -0.121. The fraction of sp³-hybridized carbons (Fsp3) is 0.571. The summed E-state index contributed by atoms with van der Waals surface area (Å²) in [7, 11) is 0. The van der Waals surface area contributed by atoms with Gasteiger partial charge in [0.2, 0.25) is 5.91 Å². The first-order valence-electron chi connectivity index (χ1n) is 3.46. The third-order valence-corrected chi connectivity index (χ3v) is 1.64. The molecular weight excluding hydrogens is 128 g/mol. The predicted molar refractivity (Wildman–Crippen MR) is 39.4 cm³/mol. The van der Waals surface area contributed by atoms with E-state index in [0.29, 0.717) is 6.54 Å². The molecule has 1 aliphatic heterocycles. The Bertz CT molecular complexity index is 165. The van der Waals surface area contributed by atoms with Gasteiger partial charge in [-0.1, -0.05) is 13.5 Å². The van der Waals surface area contributed by atoms with Crippen molar-refractivity contribution in [2.24, 2.45) is 0 Å². The minimum atomic E-state index is 0.0549. The lowest BCUT2D eigenvalue weighted by atomic mass is 10.1. The summed E-state index contributed by atoms with van der Waals surface area (Å²) in [5.74, 6) is 0.0549. The lowest BCUT2D eigenvalue weighted by Gasteiger charge is -2.25. The second-order valence-corrected chi connectivity index (χ2v) is 2.41. The minimum Gasteiger partial charge on any atom is -0.378 e. The van der Waals surface area contributed by atoms with Gasteiger partial charge in [0.05, 0.1) is 12.6 Å². The summed E-state index contributed by atoms with van der Waals surface area (Å²) in [6.45, 7) is 6.16. The van der Waals surface area contributed by atoms with E-state index in [1.54, 1.807) is 0 Å². The van der Waals surface area contributed by atoms with Crippen LogP contribution in [-0.4, -0.2) is 18.5 Å². The Labute approximate surface area is 60.5 Å². The normalized spacial score (nSPS) is 25.5. The maximum absolute atomic E-state index is 10.8. The van der Waals surface area contributed by atoms with Crippen LogP contribution in [0.5, 0.6) is 0 Å². The first-order chi connectivity index (χ1) is 4.74. The number of hydrogen-bond acceptors (Lipinski definition) is 2. The van der Waals surface area contributed by atoms with E-state index < -0.39 is 0 Å². The van der Waals surface area contributed by atoms with Gasteiger partial charge in [0.1, 0.15) is 0 Å². The maximum atomic E-state index is 10.8. The van der Waals surface area contributed by atoms with E-state index in [1.165, 1.54) is 0 Å². The summed E-state index contributed by atoms with van der Waals surface area (Å²) in [5.41, 5.74) is 0.919. The molecule has 1 unspecified atom stereocenters. The van der Waals surface area contributed by atoms with Gasteiger partial charge in [-0.05, 0) is 6.42 Å². The molecule has 3 heteroatoms. The van der Waals surface area contributed by atoms with Gasteiger partial charge < -0.3 is 10.6 Å². The number of carbonyl (C=O) groups excluding carboxylic acids is 1. The van der Waals surface area contributed by atoms with E-state index in [0.717, 1.165) is 12.1 Å². The predicted octanol–water partition coefficient (Wildman–Crippen LogP) is -0.00190. The average Bonchev–Trinajstić information content (AvgIpc) is 1.94. The first kappa shape index (κ1) is 7.12. The molecule has 1 amide bonds. The number of nitrogens with one attached hydrogen (secondary N) is 2. The molecule has 10 heavy (non-hydrogen) atoms. The largest absolute Gasteiger partial charge is 0.378 e. The highest BCUT2D eigenvalue weighted by atomic mass is 16.2. The molecule has 1 heterocycles. The Morgan fingerprint density at radius 1 is 1.80 bits per heavy atom. The van der Waals surface area contributed by atoms with Gasteiger partial charge in [-0.25, -0.2) is 0 Å². The highest BCUT2D eigenvalue weighted by Gasteiger charge is 2.18. The molecule has 0 aromatic heterocycles. The standard InChI is InChI=1S/C7H12N2O/c1-3-6-5(2)8-4-7(10)9-6/h6,8H,2-4H2,1H3,(H,9,10). The van der Waals surface area contributed by atoms with Crippen molar-refractivity contribution < 1.29 is 4.79 Å². The van der Waals surface area contributed by atoms with Crippen LogP contribution >= 0.6 is 0 Å². The van der Waals surface area contributed by atoms with Crippen LogP contribution in [-0.2, 0) is 4.79 Å². The molecule has 56 valence electrons. The van der Waals surface area contributed by atoms with Crippen molar-refractivity contribution in [3.8, 4) is 0 Å². The summed E-state index contributed by atoms with van der Waals surface area (Å²) in [5, 5.41) is 5.74. The van der Waals surface area contributed by atoms with Crippen LogP contribution in [0.4, 0.5) is 0 Å². The molecule has 0 saturated carbocycles. The molecule has 2 N–H and O–H groups in total. The zero-order chi connectivity index (χ0) is 7.56. The molecule has 1 saturated heterocycles. The van der Waals surface area contributed by atoms with Gasteiger partial charge in [-0.2, -0.15) is 0 Å². The van der Waals surface area contributed by atoms with Crippen molar-refractivity contribution in [2.75, 3.05) is 6.54 Å². The number of rotatable bonds is 1. The molecule has 1 rings (SSSR count). The third kappa shape index (κ3) is 1.29. The van der Waals surface area contributed by atoms with Crippen molar-refractivity contribution in [2.45, 2.75) is 19.4 Å². The van der Waals surface area contributed by atoms with E-state index >= 15 is 0 Å². The molecule has 1 atom stereocenters. The molecule has 0 radical (unpaired) electrons. The molecule has 0 aromatic carbocycles. The molecule has 1 fully saturated rings. The summed E-state index contributed by atoms with van der Waals surface area (Å²) in [6.07, 6.45) is 0.900. The van der Waals surface area contributed by atoms with Crippen LogP contribution in [0.1, 0.15) is 13.3 Å². The minimum absolute atomic E-state index is 0.0549. The smallest absolute Gasteiger partial charge is 0.239 e. The quantitative estimate of drug-likeness (QED) is 0.538. The van der Waals surface area contributed by atoms with E-state index in [-0.39, 0.29) is 11.9 Å². The number of hydrogen-bond donors (Lipinski definition) is 2. The third-order valence-electron chi connectivity index (χ3n) is 1.64. The van der Waals surface area contributed by atoms with Crippen LogP contribution in [0.25, 0.3) is 0 Å². The monoisotopic (exact) mass is 140 g/mol. The van der Waals surface area contributed by atoms with Crippen molar-refractivity contribution in [3.63, 3.8) is 0 Å². The lowest BCUT2D eigenvalue weighted by Crippen LogP contribution is -2.49. The molecule has 3 nitrogen and oxygen atoms in total. The van der Waals surface area contributed by atoms with Gasteiger partial charge in [-0.15, -0.1) is 0 Å². The van der Waals surface area contributed by atoms with Crippen LogP contribution in [0.15, 0.2) is 12.3 Å². The van der Waals surface area contributed by atoms with E-state index in [2.05, 4.69) is 17.2 Å². The zero-order valence-corrected chi connectivity index (χ0v) is 6.11. The zero-order valence-electron chi connectivity index (χ0n) is 6.11. The SMILES string of the molecule is C=C1NCC(=O)NC1CC. The van der Waals surface area contributed by atoms with E-state index in [1.807, 2.05) is 6.92 Å². The molecule has 0 aromatic rings. The molecular formula is C7H12N2O. The molecule has 0 aliphatic carbocycles.